The lowest BCUT2D eigenvalue weighted by molar-refractivity contribution is 0.627. The van der Waals surface area contributed by atoms with Crippen LogP contribution in [0.3, 0.4) is 0 Å². The Labute approximate surface area is 93.3 Å². The maximum Gasteiger partial charge on any atom is 0.124 e. The van der Waals surface area contributed by atoms with E-state index >= 15 is 0 Å². The Bertz CT molecular complexity index is 373. The van der Waals surface area contributed by atoms with Crippen LogP contribution in [0, 0.1) is 17.1 Å². The SMILES string of the molecule is CC(CN)SCc1ccc(F)cc1C#N. The van der Waals surface area contributed by atoms with Crippen molar-refractivity contribution in [2.24, 2.45) is 5.73 Å². The number of thioether (sulfide) groups is 1. The Hall–Kier alpha value is -1.05. The summed E-state index contributed by atoms with van der Waals surface area (Å²) in [6.07, 6.45) is 0. The fourth-order valence-corrected chi connectivity index (χ4v) is 1.93. The summed E-state index contributed by atoms with van der Waals surface area (Å²) in [4.78, 5) is 0. The Morgan fingerprint density at radius 1 is 1.60 bits per heavy atom. The lowest BCUT2D eigenvalue weighted by atomic mass is 10.1. The third kappa shape index (κ3) is 3.54. The van der Waals surface area contributed by atoms with Gasteiger partial charge in [0, 0.05) is 17.5 Å². The molecule has 0 heterocycles. The molecule has 0 radical (unpaired) electrons. The average Bonchev–Trinajstić information content (AvgIpc) is 2.26. The van der Waals surface area contributed by atoms with Crippen LogP contribution in [0.15, 0.2) is 18.2 Å². The third-order valence-electron chi connectivity index (χ3n) is 2.05. The Morgan fingerprint density at radius 2 is 2.33 bits per heavy atom. The van der Waals surface area contributed by atoms with Gasteiger partial charge in [-0.25, -0.2) is 4.39 Å². The highest BCUT2D eigenvalue weighted by Crippen LogP contribution is 2.20. The molecular formula is C11H13FN2S. The van der Waals surface area contributed by atoms with Crippen LogP contribution in [0.1, 0.15) is 18.1 Å². The van der Waals surface area contributed by atoms with Crippen molar-refractivity contribution in [1.29, 1.82) is 5.26 Å². The van der Waals surface area contributed by atoms with Gasteiger partial charge in [-0.05, 0) is 17.7 Å². The van der Waals surface area contributed by atoms with Crippen LogP contribution >= 0.6 is 11.8 Å². The van der Waals surface area contributed by atoms with E-state index in [0.717, 1.165) is 5.56 Å². The van der Waals surface area contributed by atoms with E-state index in [-0.39, 0.29) is 5.82 Å². The quantitative estimate of drug-likeness (QED) is 0.853. The van der Waals surface area contributed by atoms with Gasteiger partial charge >= 0.3 is 0 Å². The van der Waals surface area contributed by atoms with Crippen LogP contribution in [0.5, 0.6) is 0 Å². The molecule has 80 valence electrons. The van der Waals surface area contributed by atoms with Gasteiger partial charge in [0.05, 0.1) is 11.6 Å². The largest absolute Gasteiger partial charge is 0.329 e. The predicted molar refractivity (Wildman–Crippen MR) is 60.9 cm³/mol. The smallest absolute Gasteiger partial charge is 0.124 e. The molecule has 0 saturated heterocycles. The van der Waals surface area contributed by atoms with Crippen molar-refractivity contribution in [3.05, 3.63) is 35.1 Å². The molecule has 0 fully saturated rings. The molecule has 1 rings (SSSR count). The molecule has 0 saturated carbocycles. The summed E-state index contributed by atoms with van der Waals surface area (Å²) in [5.41, 5.74) is 6.76. The fraction of sp³-hybridized carbons (Fsp3) is 0.364. The molecule has 1 aromatic carbocycles. The minimum atomic E-state index is -0.368. The summed E-state index contributed by atoms with van der Waals surface area (Å²) < 4.78 is 12.8. The molecule has 0 bridgehead atoms. The van der Waals surface area contributed by atoms with Gasteiger partial charge in [0.2, 0.25) is 0 Å². The molecule has 0 spiro atoms. The summed E-state index contributed by atoms with van der Waals surface area (Å²) in [5.74, 6) is 0.328. The first kappa shape index (κ1) is 12.0. The second-order valence-electron chi connectivity index (χ2n) is 3.27. The maximum absolute atomic E-state index is 12.8. The van der Waals surface area contributed by atoms with Crippen molar-refractivity contribution in [3.8, 4) is 6.07 Å². The molecule has 2 N–H and O–H groups in total. The number of benzene rings is 1. The van der Waals surface area contributed by atoms with E-state index in [4.69, 9.17) is 11.0 Å². The molecule has 0 amide bonds. The molecule has 1 unspecified atom stereocenters. The average molecular weight is 224 g/mol. The van der Waals surface area contributed by atoms with E-state index in [1.54, 1.807) is 17.8 Å². The molecule has 2 nitrogen and oxygen atoms in total. The second kappa shape index (κ2) is 5.74. The monoisotopic (exact) mass is 224 g/mol. The van der Waals surface area contributed by atoms with Crippen LogP contribution in [0.4, 0.5) is 4.39 Å². The first-order valence-electron chi connectivity index (χ1n) is 4.67. The summed E-state index contributed by atoms with van der Waals surface area (Å²) in [6, 6.07) is 6.30. The molecule has 0 aromatic heterocycles. The molecule has 1 aromatic rings. The third-order valence-corrected chi connectivity index (χ3v) is 3.29. The molecule has 1 atom stereocenters. The zero-order valence-corrected chi connectivity index (χ0v) is 9.35. The standard InChI is InChI=1S/C11H13FN2S/c1-8(5-13)15-7-9-2-3-11(12)4-10(9)6-14/h2-4,8H,5,7,13H2,1H3. The van der Waals surface area contributed by atoms with E-state index in [9.17, 15) is 4.39 Å². The van der Waals surface area contributed by atoms with E-state index in [1.165, 1.54) is 12.1 Å². The highest BCUT2D eigenvalue weighted by atomic mass is 32.2. The number of halogens is 1. The number of nitriles is 1. The number of nitrogens with zero attached hydrogens (tertiary/aromatic N) is 1. The van der Waals surface area contributed by atoms with Crippen molar-refractivity contribution < 1.29 is 4.39 Å². The van der Waals surface area contributed by atoms with Crippen molar-refractivity contribution in [2.75, 3.05) is 6.54 Å². The van der Waals surface area contributed by atoms with Crippen molar-refractivity contribution in [1.82, 2.24) is 0 Å². The number of hydrogen-bond acceptors (Lipinski definition) is 3. The number of rotatable bonds is 4. The number of nitrogens with two attached hydrogens (primary N) is 1. The summed E-state index contributed by atoms with van der Waals surface area (Å²) >= 11 is 1.67. The van der Waals surface area contributed by atoms with Crippen molar-refractivity contribution >= 4 is 11.8 Å². The van der Waals surface area contributed by atoms with Crippen LogP contribution in [0.2, 0.25) is 0 Å². The zero-order valence-electron chi connectivity index (χ0n) is 8.53. The summed E-state index contributed by atoms with van der Waals surface area (Å²) in [6.45, 7) is 2.63. The van der Waals surface area contributed by atoms with Gasteiger partial charge < -0.3 is 5.73 Å². The van der Waals surface area contributed by atoms with E-state index in [1.807, 2.05) is 13.0 Å². The lowest BCUT2D eigenvalue weighted by Gasteiger charge is -2.08. The lowest BCUT2D eigenvalue weighted by Crippen LogP contribution is -2.12. The molecule has 0 aliphatic rings. The fourth-order valence-electron chi connectivity index (χ4n) is 1.08. The Balaban J connectivity index is 2.73. The van der Waals surface area contributed by atoms with Gasteiger partial charge in [-0.2, -0.15) is 17.0 Å². The van der Waals surface area contributed by atoms with Gasteiger partial charge in [-0.3, -0.25) is 0 Å². The zero-order chi connectivity index (χ0) is 11.3. The Kier molecular flexibility index (Phi) is 4.60. The van der Waals surface area contributed by atoms with Gasteiger partial charge in [0.1, 0.15) is 5.82 Å². The second-order valence-corrected chi connectivity index (χ2v) is 4.70. The maximum atomic E-state index is 12.8. The van der Waals surface area contributed by atoms with Gasteiger partial charge in [0.15, 0.2) is 0 Å². The molecular weight excluding hydrogens is 211 g/mol. The van der Waals surface area contributed by atoms with Crippen LogP contribution in [-0.2, 0) is 5.75 Å². The first-order valence-corrected chi connectivity index (χ1v) is 5.72. The topological polar surface area (TPSA) is 49.8 Å². The minimum Gasteiger partial charge on any atom is -0.329 e. The normalized spacial score (nSPS) is 12.1. The highest BCUT2D eigenvalue weighted by Gasteiger charge is 2.06. The van der Waals surface area contributed by atoms with E-state index < -0.39 is 0 Å². The van der Waals surface area contributed by atoms with Crippen molar-refractivity contribution in [3.63, 3.8) is 0 Å². The highest BCUT2D eigenvalue weighted by molar-refractivity contribution is 7.99. The van der Waals surface area contributed by atoms with Crippen LogP contribution in [-0.4, -0.2) is 11.8 Å². The minimum absolute atomic E-state index is 0.349. The number of hydrogen-bond donors (Lipinski definition) is 1. The molecule has 4 heteroatoms. The first-order chi connectivity index (χ1) is 7.17. The van der Waals surface area contributed by atoms with Gasteiger partial charge in [0.25, 0.3) is 0 Å². The Morgan fingerprint density at radius 3 is 2.93 bits per heavy atom. The summed E-state index contributed by atoms with van der Waals surface area (Å²) in [5, 5.41) is 9.16. The molecule has 0 aliphatic carbocycles. The van der Waals surface area contributed by atoms with E-state index in [2.05, 4.69) is 0 Å². The van der Waals surface area contributed by atoms with Crippen LogP contribution < -0.4 is 5.73 Å². The van der Waals surface area contributed by atoms with E-state index in [0.29, 0.717) is 23.1 Å². The van der Waals surface area contributed by atoms with Crippen LogP contribution in [0.25, 0.3) is 0 Å². The molecule has 0 aliphatic heterocycles. The molecule has 15 heavy (non-hydrogen) atoms. The summed E-state index contributed by atoms with van der Waals surface area (Å²) in [7, 11) is 0. The van der Waals surface area contributed by atoms with Crippen molar-refractivity contribution in [2.45, 2.75) is 17.9 Å². The van der Waals surface area contributed by atoms with Gasteiger partial charge in [-0.15, -0.1) is 0 Å². The predicted octanol–water partition coefficient (Wildman–Crippen LogP) is 2.28. The van der Waals surface area contributed by atoms with Gasteiger partial charge in [-0.1, -0.05) is 13.0 Å².